The smallest absolute Gasteiger partial charge is 0.123 e. The van der Waals surface area contributed by atoms with Gasteiger partial charge in [0, 0.05) is 37.3 Å². The van der Waals surface area contributed by atoms with Gasteiger partial charge in [-0.15, -0.1) is 0 Å². The molecule has 1 fully saturated rings. The Labute approximate surface area is 114 Å². The number of halogens is 1. The van der Waals surface area contributed by atoms with E-state index in [0.29, 0.717) is 6.10 Å². The van der Waals surface area contributed by atoms with E-state index in [1.54, 1.807) is 14.2 Å². The molecule has 1 aliphatic heterocycles. The highest BCUT2D eigenvalue weighted by Crippen LogP contribution is 2.25. The summed E-state index contributed by atoms with van der Waals surface area (Å²) >= 11 is 6.04. The maximum absolute atomic E-state index is 6.04. The van der Waals surface area contributed by atoms with E-state index in [9.17, 15) is 0 Å². The van der Waals surface area contributed by atoms with Crippen molar-refractivity contribution in [2.24, 2.45) is 0 Å². The zero-order valence-electron chi connectivity index (χ0n) is 11.0. The Kier molecular flexibility index (Phi) is 4.87. The van der Waals surface area contributed by atoms with Crippen LogP contribution in [0.2, 0.25) is 5.02 Å². The van der Waals surface area contributed by atoms with Crippen LogP contribution in [0.1, 0.15) is 18.4 Å². The Morgan fingerprint density at radius 1 is 1.28 bits per heavy atom. The van der Waals surface area contributed by atoms with Gasteiger partial charge < -0.3 is 9.47 Å². The summed E-state index contributed by atoms with van der Waals surface area (Å²) in [6.45, 7) is 3.02. The summed E-state index contributed by atoms with van der Waals surface area (Å²) in [7, 11) is 3.49. The predicted octanol–water partition coefficient (Wildman–Crippen LogP) is 2.96. The molecular weight excluding hydrogens is 250 g/mol. The summed E-state index contributed by atoms with van der Waals surface area (Å²) < 4.78 is 10.8. The highest BCUT2D eigenvalue weighted by molar-refractivity contribution is 6.30. The van der Waals surface area contributed by atoms with Crippen LogP contribution in [-0.2, 0) is 11.3 Å². The van der Waals surface area contributed by atoms with Gasteiger partial charge in [-0.3, -0.25) is 4.90 Å². The fourth-order valence-electron chi connectivity index (χ4n) is 2.41. The molecule has 100 valence electrons. The highest BCUT2D eigenvalue weighted by Gasteiger charge is 2.19. The second-order valence-electron chi connectivity index (χ2n) is 4.67. The van der Waals surface area contributed by atoms with E-state index in [2.05, 4.69) is 4.90 Å². The third-order valence-corrected chi connectivity index (χ3v) is 3.74. The monoisotopic (exact) mass is 269 g/mol. The van der Waals surface area contributed by atoms with E-state index in [1.807, 2.05) is 18.2 Å². The largest absolute Gasteiger partial charge is 0.496 e. The van der Waals surface area contributed by atoms with Crippen LogP contribution in [0, 0.1) is 0 Å². The zero-order valence-corrected chi connectivity index (χ0v) is 11.7. The summed E-state index contributed by atoms with van der Waals surface area (Å²) in [5, 5.41) is 0.762. The minimum absolute atomic E-state index is 0.419. The molecule has 1 saturated heterocycles. The van der Waals surface area contributed by atoms with Crippen molar-refractivity contribution in [2.75, 3.05) is 27.3 Å². The minimum Gasteiger partial charge on any atom is -0.496 e. The second-order valence-corrected chi connectivity index (χ2v) is 5.10. The topological polar surface area (TPSA) is 21.7 Å². The second kappa shape index (κ2) is 6.41. The third kappa shape index (κ3) is 3.37. The number of methoxy groups -OCH3 is 2. The van der Waals surface area contributed by atoms with Crippen LogP contribution < -0.4 is 4.74 Å². The van der Waals surface area contributed by atoms with Gasteiger partial charge in [0.15, 0.2) is 0 Å². The number of piperidine rings is 1. The van der Waals surface area contributed by atoms with Crippen LogP contribution in [0.3, 0.4) is 0 Å². The van der Waals surface area contributed by atoms with Gasteiger partial charge >= 0.3 is 0 Å². The quantitative estimate of drug-likeness (QED) is 0.839. The molecular formula is C14H20ClNO2. The first kappa shape index (κ1) is 13.7. The number of hydrogen-bond donors (Lipinski definition) is 0. The van der Waals surface area contributed by atoms with Gasteiger partial charge in [0.2, 0.25) is 0 Å². The number of ether oxygens (including phenoxy) is 2. The summed E-state index contributed by atoms with van der Waals surface area (Å²) in [6, 6.07) is 5.78. The molecule has 1 heterocycles. The number of rotatable bonds is 4. The molecule has 0 spiro atoms. The molecule has 1 aliphatic rings. The van der Waals surface area contributed by atoms with Crippen molar-refractivity contribution >= 4 is 11.6 Å². The minimum atomic E-state index is 0.419. The molecule has 0 radical (unpaired) electrons. The molecule has 0 bridgehead atoms. The Bertz CT molecular complexity index is 389. The first-order valence-corrected chi connectivity index (χ1v) is 6.68. The molecule has 1 aromatic carbocycles. The molecule has 18 heavy (non-hydrogen) atoms. The Morgan fingerprint density at radius 3 is 2.61 bits per heavy atom. The standard InChI is InChI=1S/C14H20ClNO2/c1-17-13-5-7-16(8-6-13)10-11-9-12(15)3-4-14(11)18-2/h3-4,9,13H,5-8,10H2,1-2H3. The van der Waals surface area contributed by atoms with Crippen molar-refractivity contribution < 1.29 is 9.47 Å². The maximum Gasteiger partial charge on any atom is 0.123 e. The molecule has 0 N–H and O–H groups in total. The molecule has 4 heteroatoms. The zero-order chi connectivity index (χ0) is 13.0. The van der Waals surface area contributed by atoms with E-state index in [-0.39, 0.29) is 0 Å². The highest BCUT2D eigenvalue weighted by atomic mass is 35.5. The van der Waals surface area contributed by atoms with Crippen molar-refractivity contribution in [3.8, 4) is 5.75 Å². The Hall–Kier alpha value is -0.770. The molecule has 0 aromatic heterocycles. The fourth-order valence-corrected chi connectivity index (χ4v) is 2.61. The van der Waals surface area contributed by atoms with Gasteiger partial charge in [0.1, 0.15) is 5.75 Å². The van der Waals surface area contributed by atoms with Crippen molar-refractivity contribution in [3.63, 3.8) is 0 Å². The van der Waals surface area contributed by atoms with Crippen molar-refractivity contribution in [1.29, 1.82) is 0 Å². The summed E-state index contributed by atoms with van der Waals surface area (Å²) in [6.07, 6.45) is 2.61. The van der Waals surface area contributed by atoms with Gasteiger partial charge in [-0.25, -0.2) is 0 Å². The van der Waals surface area contributed by atoms with Gasteiger partial charge in [0.05, 0.1) is 13.2 Å². The van der Waals surface area contributed by atoms with Crippen LogP contribution in [0.5, 0.6) is 5.75 Å². The van der Waals surface area contributed by atoms with Gasteiger partial charge in [-0.05, 0) is 31.0 Å². The lowest BCUT2D eigenvalue weighted by atomic mass is 10.1. The number of nitrogens with zero attached hydrogens (tertiary/aromatic N) is 1. The number of hydrogen-bond acceptors (Lipinski definition) is 3. The molecule has 0 amide bonds. The molecule has 2 rings (SSSR count). The van der Waals surface area contributed by atoms with E-state index >= 15 is 0 Å². The third-order valence-electron chi connectivity index (χ3n) is 3.50. The van der Waals surface area contributed by atoms with E-state index in [0.717, 1.165) is 48.8 Å². The van der Waals surface area contributed by atoms with Crippen LogP contribution in [0.25, 0.3) is 0 Å². The predicted molar refractivity (Wildman–Crippen MR) is 73.3 cm³/mol. The first-order chi connectivity index (χ1) is 8.72. The van der Waals surface area contributed by atoms with Crippen molar-refractivity contribution in [2.45, 2.75) is 25.5 Å². The number of likely N-dealkylation sites (tertiary alicyclic amines) is 1. The summed E-state index contributed by atoms with van der Waals surface area (Å²) in [4.78, 5) is 2.42. The van der Waals surface area contributed by atoms with Crippen molar-refractivity contribution in [3.05, 3.63) is 28.8 Å². The summed E-state index contributed by atoms with van der Waals surface area (Å²) in [5.41, 5.74) is 1.15. The first-order valence-electron chi connectivity index (χ1n) is 6.30. The SMILES string of the molecule is COc1ccc(Cl)cc1CN1CCC(OC)CC1. The molecule has 0 atom stereocenters. The van der Waals surface area contributed by atoms with Gasteiger partial charge in [-0.1, -0.05) is 11.6 Å². The molecule has 0 saturated carbocycles. The lowest BCUT2D eigenvalue weighted by Crippen LogP contribution is -2.36. The van der Waals surface area contributed by atoms with Gasteiger partial charge in [0.25, 0.3) is 0 Å². The molecule has 0 unspecified atom stereocenters. The maximum atomic E-state index is 6.04. The molecule has 1 aromatic rings. The van der Waals surface area contributed by atoms with E-state index in [4.69, 9.17) is 21.1 Å². The molecule has 3 nitrogen and oxygen atoms in total. The van der Waals surface area contributed by atoms with Crippen LogP contribution in [-0.4, -0.2) is 38.3 Å². The van der Waals surface area contributed by atoms with Crippen LogP contribution >= 0.6 is 11.6 Å². The van der Waals surface area contributed by atoms with Gasteiger partial charge in [-0.2, -0.15) is 0 Å². The fraction of sp³-hybridized carbons (Fsp3) is 0.571. The lowest BCUT2D eigenvalue weighted by molar-refractivity contribution is 0.0387. The summed E-state index contributed by atoms with van der Waals surface area (Å²) in [5.74, 6) is 0.910. The van der Waals surface area contributed by atoms with E-state index < -0.39 is 0 Å². The average molecular weight is 270 g/mol. The molecule has 0 aliphatic carbocycles. The lowest BCUT2D eigenvalue weighted by Gasteiger charge is -2.31. The van der Waals surface area contributed by atoms with Crippen LogP contribution in [0.4, 0.5) is 0 Å². The Morgan fingerprint density at radius 2 is 2.00 bits per heavy atom. The number of benzene rings is 1. The van der Waals surface area contributed by atoms with E-state index in [1.165, 1.54) is 0 Å². The van der Waals surface area contributed by atoms with Crippen LogP contribution in [0.15, 0.2) is 18.2 Å². The Balaban J connectivity index is 1.99. The average Bonchev–Trinajstić information content (AvgIpc) is 2.40. The normalized spacial score (nSPS) is 17.9. The van der Waals surface area contributed by atoms with Crippen molar-refractivity contribution in [1.82, 2.24) is 4.90 Å².